The van der Waals surface area contributed by atoms with Crippen LogP contribution in [0.2, 0.25) is 0 Å². The molecule has 5 nitrogen and oxygen atoms in total. The molecule has 5 heteroatoms. The third-order valence-electron chi connectivity index (χ3n) is 3.60. The van der Waals surface area contributed by atoms with E-state index in [9.17, 15) is 4.79 Å². The third-order valence-corrected chi connectivity index (χ3v) is 3.60. The van der Waals surface area contributed by atoms with Crippen molar-refractivity contribution in [3.63, 3.8) is 0 Å². The van der Waals surface area contributed by atoms with Crippen molar-refractivity contribution in [2.24, 2.45) is 0 Å². The van der Waals surface area contributed by atoms with Gasteiger partial charge in [-0.1, -0.05) is 0 Å². The lowest BCUT2D eigenvalue weighted by atomic mass is 10.2. The van der Waals surface area contributed by atoms with Crippen LogP contribution in [0.3, 0.4) is 0 Å². The van der Waals surface area contributed by atoms with Crippen LogP contribution >= 0.6 is 0 Å². The molecule has 0 unspecified atom stereocenters. The Labute approximate surface area is 114 Å². The molecule has 0 spiro atoms. The number of rotatable bonds is 3. The van der Waals surface area contributed by atoms with Crippen LogP contribution in [0.4, 0.5) is 5.95 Å². The fraction of sp³-hybridized carbons (Fsp3) is 0.643. The summed E-state index contributed by atoms with van der Waals surface area (Å²) in [5.41, 5.74) is 1.98. The summed E-state index contributed by atoms with van der Waals surface area (Å²) in [7, 11) is 0. The molecular formula is C14H22N4O. The van der Waals surface area contributed by atoms with E-state index < -0.39 is 0 Å². The first-order valence-corrected chi connectivity index (χ1v) is 6.85. The summed E-state index contributed by atoms with van der Waals surface area (Å²) in [6.07, 6.45) is 0.990. The number of amides is 1. The Hall–Kier alpha value is -1.65. The molecule has 1 amide bonds. The maximum absolute atomic E-state index is 11.6. The minimum absolute atomic E-state index is 0.149. The second kappa shape index (κ2) is 5.55. The van der Waals surface area contributed by atoms with E-state index in [4.69, 9.17) is 0 Å². The van der Waals surface area contributed by atoms with Crippen LogP contribution in [0.1, 0.15) is 31.7 Å². The molecule has 1 atom stereocenters. The summed E-state index contributed by atoms with van der Waals surface area (Å²) in [6.45, 7) is 10.1. The van der Waals surface area contributed by atoms with Gasteiger partial charge in [-0.15, -0.1) is 0 Å². The second-order valence-corrected chi connectivity index (χ2v) is 5.14. The van der Waals surface area contributed by atoms with Gasteiger partial charge >= 0.3 is 0 Å². The van der Waals surface area contributed by atoms with Gasteiger partial charge in [0.25, 0.3) is 0 Å². The third kappa shape index (κ3) is 3.03. The number of likely N-dealkylation sites (N-methyl/N-ethyl adjacent to an activating group) is 1. The molecule has 0 bridgehead atoms. The monoisotopic (exact) mass is 262 g/mol. The fourth-order valence-corrected chi connectivity index (χ4v) is 2.76. The van der Waals surface area contributed by atoms with Gasteiger partial charge in [0, 0.05) is 37.9 Å². The summed E-state index contributed by atoms with van der Waals surface area (Å²) in [5, 5.41) is 0. The predicted molar refractivity (Wildman–Crippen MR) is 75.2 cm³/mol. The van der Waals surface area contributed by atoms with Gasteiger partial charge in [-0.05, 0) is 33.3 Å². The number of carbonyl (C=O) groups is 1. The van der Waals surface area contributed by atoms with E-state index in [2.05, 4.69) is 14.9 Å². The Morgan fingerprint density at radius 1 is 1.42 bits per heavy atom. The van der Waals surface area contributed by atoms with Crippen LogP contribution in [-0.2, 0) is 4.79 Å². The number of hydrogen-bond donors (Lipinski definition) is 0. The standard InChI is InChI=1S/C14H22N4O/c1-5-18(12(4)19)13-6-7-17(9-13)14-15-10(2)8-11(3)16-14/h8,13H,5-7,9H2,1-4H3/t13-/m1/s1. The molecule has 0 aromatic carbocycles. The zero-order valence-electron chi connectivity index (χ0n) is 12.2. The van der Waals surface area contributed by atoms with Crippen LogP contribution in [0.15, 0.2) is 6.07 Å². The molecule has 1 fully saturated rings. The van der Waals surface area contributed by atoms with Crippen LogP contribution in [-0.4, -0.2) is 46.5 Å². The number of carbonyl (C=O) groups excluding carboxylic acids is 1. The molecule has 19 heavy (non-hydrogen) atoms. The Kier molecular flexibility index (Phi) is 4.02. The highest BCUT2D eigenvalue weighted by Gasteiger charge is 2.29. The van der Waals surface area contributed by atoms with Gasteiger partial charge in [0.05, 0.1) is 6.04 Å². The lowest BCUT2D eigenvalue weighted by molar-refractivity contribution is -0.130. The van der Waals surface area contributed by atoms with E-state index in [1.807, 2.05) is 31.7 Å². The van der Waals surface area contributed by atoms with Crippen LogP contribution in [0.5, 0.6) is 0 Å². The van der Waals surface area contributed by atoms with Crippen molar-refractivity contribution in [1.29, 1.82) is 0 Å². The summed E-state index contributed by atoms with van der Waals surface area (Å²) < 4.78 is 0. The SMILES string of the molecule is CCN(C(C)=O)[C@@H]1CCN(c2nc(C)cc(C)n2)C1. The average molecular weight is 262 g/mol. The van der Waals surface area contributed by atoms with Crippen molar-refractivity contribution in [2.45, 2.75) is 40.2 Å². The number of anilines is 1. The summed E-state index contributed by atoms with van der Waals surface area (Å²) in [4.78, 5) is 24.7. The highest BCUT2D eigenvalue weighted by molar-refractivity contribution is 5.73. The van der Waals surface area contributed by atoms with Crippen molar-refractivity contribution < 1.29 is 4.79 Å². The Morgan fingerprint density at radius 3 is 2.58 bits per heavy atom. The first-order chi connectivity index (χ1) is 9.01. The zero-order valence-corrected chi connectivity index (χ0v) is 12.2. The van der Waals surface area contributed by atoms with Gasteiger partial charge < -0.3 is 9.80 Å². The molecule has 1 saturated heterocycles. The number of hydrogen-bond acceptors (Lipinski definition) is 4. The maximum atomic E-state index is 11.6. The van der Waals surface area contributed by atoms with Gasteiger partial charge in [-0.25, -0.2) is 9.97 Å². The van der Waals surface area contributed by atoms with E-state index >= 15 is 0 Å². The number of nitrogens with zero attached hydrogens (tertiary/aromatic N) is 4. The van der Waals surface area contributed by atoms with Gasteiger partial charge in [0.15, 0.2) is 0 Å². The Balaban J connectivity index is 2.11. The molecular weight excluding hydrogens is 240 g/mol. The molecule has 2 heterocycles. The summed E-state index contributed by atoms with van der Waals surface area (Å²) >= 11 is 0. The minimum Gasteiger partial charge on any atom is -0.339 e. The molecule has 1 aromatic heterocycles. The molecule has 0 radical (unpaired) electrons. The lowest BCUT2D eigenvalue weighted by Crippen LogP contribution is -2.40. The predicted octanol–water partition coefficient (Wildman–Crippen LogP) is 1.54. The van der Waals surface area contributed by atoms with Crippen molar-refractivity contribution in [1.82, 2.24) is 14.9 Å². The van der Waals surface area contributed by atoms with Crippen LogP contribution in [0, 0.1) is 13.8 Å². The van der Waals surface area contributed by atoms with E-state index in [-0.39, 0.29) is 11.9 Å². The van der Waals surface area contributed by atoms with Gasteiger partial charge in [-0.2, -0.15) is 0 Å². The molecule has 0 aliphatic carbocycles. The van der Waals surface area contributed by atoms with Crippen LogP contribution < -0.4 is 4.90 Å². The Bertz CT molecular complexity index is 454. The van der Waals surface area contributed by atoms with Gasteiger partial charge in [0.2, 0.25) is 11.9 Å². The molecule has 1 aliphatic rings. The number of aryl methyl sites for hydroxylation is 2. The summed E-state index contributed by atoms with van der Waals surface area (Å²) in [6, 6.07) is 2.26. The van der Waals surface area contributed by atoms with Gasteiger partial charge in [-0.3, -0.25) is 4.79 Å². The first kappa shape index (κ1) is 13.8. The van der Waals surface area contributed by atoms with E-state index in [1.165, 1.54) is 0 Å². The highest BCUT2D eigenvalue weighted by atomic mass is 16.2. The lowest BCUT2D eigenvalue weighted by Gasteiger charge is -2.26. The largest absolute Gasteiger partial charge is 0.339 e. The summed E-state index contributed by atoms with van der Waals surface area (Å²) in [5.74, 6) is 0.940. The van der Waals surface area contributed by atoms with Crippen molar-refractivity contribution in [3.05, 3.63) is 17.5 Å². The zero-order chi connectivity index (χ0) is 14.0. The van der Waals surface area contributed by atoms with Gasteiger partial charge in [0.1, 0.15) is 0 Å². The molecule has 0 N–H and O–H groups in total. The quantitative estimate of drug-likeness (QED) is 0.829. The Morgan fingerprint density at radius 2 is 2.05 bits per heavy atom. The molecule has 1 aliphatic heterocycles. The normalized spacial score (nSPS) is 18.7. The molecule has 104 valence electrons. The van der Waals surface area contributed by atoms with Crippen LogP contribution in [0.25, 0.3) is 0 Å². The smallest absolute Gasteiger partial charge is 0.225 e. The average Bonchev–Trinajstić information content (AvgIpc) is 2.77. The van der Waals surface area contributed by atoms with E-state index in [0.29, 0.717) is 0 Å². The van der Waals surface area contributed by atoms with Crippen molar-refractivity contribution >= 4 is 11.9 Å². The minimum atomic E-state index is 0.149. The first-order valence-electron chi connectivity index (χ1n) is 6.85. The number of aromatic nitrogens is 2. The maximum Gasteiger partial charge on any atom is 0.225 e. The van der Waals surface area contributed by atoms with Crippen molar-refractivity contribution in [2.75, 3.05) is 24.5 Å². The molecule has 1 aromatic rings. The van der Waals surface area contributed by atoms with E-state index in [0.717, 1.165) is 43.4 Å². The van der Waals surface area contributed by atoms with Crippen molar-refractivity contribution in [3.8, 4) is 0 Å². The molecule has 0 saturated carbocycles. The molecule has 2 rings (SSSR count). The highest BCUT2D eigenvalue weighted by Crippen LogP contribution is 2.20. The fourth-order valence-electron chi connectivity index (χ4n) is 2.76. The topological polar surface area (TPSA) is 49.3 Å². The van der Waals surface area contributed by atoms with E-state index in [1.54, 1.807) is 6.92 Å². The second-order valence-electron chi connectivity index (χ2n) is 5.14.